The molecule has 22 heavy (non-hydrogen) atoms. The van der Waals surface area contributed by atoms with E-state index in [1.54, 1.807) is 19.4 Å². The van der Waals surface area contributed by atoms with Crippen LogP contribution in [0.15, 0.2) is 47.2 Å². The Morgan fingerprint density at radius 1 is 1.41 bits per heavy atom. The summed E-state index contributed by atoms with van der Waals surface area (Å²) in [5.41, 5.74) is 7.25. The zero-order chi connectivity index (χ0) is 15.5. The number of benzene rings is 1. The summed E-state index contributed by atoms with van der Waals surface area (Å²) in [5.74, 6) is 0.839. The molecule has 0 aliphatic rings. The number of amides is 1. The van der Waals surface area contributed by atoms with E-state index >= 15 is 0 Å². The highest BCUT2D eigenvalue weighted by Gasteiger charge is 2.09. The number of carbonyl (C=O) groups excluding carboxylic acids is 1. The highest BCUT2D eigenvalue weighted by atomic mass is 16.5. The summed E-state index contributed by atoms with van der Waals surface area (Å²) in [6.45, 7) is 0.434. The van der Waals surface area contributed by atoms with Crippen molar-refractivity contribution in [2.24, 2.45) is 5.73 Å². The van der Waals surface area contributed by atoms with Crippen molar-refractivity contribution < 1.29 is 13.9 Å². The smallest absolute Gasteiger partial charge is 0.251 e. The van der Waals surface area contributed by atoms with E-state index < -0.39 is 5.91 Å². The summed E-state index contributed by atoms with van der Waals surface area (Å²) < 4.78 is 10.6. The molecule has 3 aromatic rings. The molecule has 1 amide bonds. The number of methoxy groups -OCH3 is 1. The van der Waals surface area contributed by atoms with E-state index in [4.69, 9.17) is 14.9 Å². The minimum absolute atomic E-state index is 0.359. The van der Waals surface area contributed by atoms with Crippen LogP contribution in [0.3, 0.4) is 0 Å². The lowest BCUT2D eigenvalue weighted by molar-refractivity contribution is 0.0999. The van der Waals surface area contributed by atoms with E-state index in [1.165, 1.54) is 6.26 Å². The van der Waals surface area contributed by atoms with Gasteiger partial charge in [0.1, 0.15) is 23.3 Å². The number of pyridine rings is 1. The number of furan rings is 1. The molecule has 0 saturated carbocycles. The summed E-state index contributed by atoms with van der Waals surface area (Å²) in [6, 6.07) is 9.24. The first kappa shape index (κ1) is 13.9. The summed E-state index contributed by atoms with van der Waals surface area (Å²) in [4.78, 5) is 15.4. The van der Waals surface area contributed by atoms with Crippen LogP contribution < -0.4 is 15.8 Å². The van der Waals surface area contributed by atoms with E-state index in [0.29, 0.717) is 17.9 Å². The van der Waals surface area contributed by atoms with Crippen LogP contribution in [-0.2, 0) is 6.54 Å². The van der Waals surface area contributed by atoms with Crippen LogP contribution in [-0.4, -0.2) is 18.0 Å². The number of nitrogens with two attached hydrogens (primary N) is 1. The molecule has 112 valence electrons. The molecule has 1 aromatic carbocycles. The number of rotatable bonds is 5. The first-order valence-corrected chi connectivity index (χ1v) is 6.72. The van der Waals surface area contributed by atoms with Crippen molar-refractivity contribution in [3.05, 3.63) is 54.1 Å². The molecule has 0 bridgehead atoms. The molecule has 0 aliphatic heterocycles. The van der Waals surface area contributed by atoms with Gasteiger partial charge in [0.25, 0.3) is 5.91 Å². The van der Waals surface area contributed by atoms with Gasteiger partial charge in [-0.2, -0.15) is 0 Å². The molecule has 0 radical (unpaired) electrons. The standard InChI is InChI=1S/C16H15N3O3/c1-21-14-4-2-3-12-13(5-6-18-15(12)14)19-8-11-7-10(9-22-11)16(17)20/h2-7,9H,8H2,1H3,(H2,17,20)(H,18,19). The summed E-state index contributed by atoms with van der Waals surface area (Å²) in [7, 11) is 1.62. The molecule has 3 rings (SSSR count). The van der Waals surface area contributed by atoms with Gasteiger partial charge in [-0.05, 0) is 18.2 Å². The molecule has 3 N–H and O–H groups in total. The summed E-state index contributed by atoms with van der Waals surface area (Å²) >= 11 is 0. The highest BCUT2D eigenvalue weighted by Crippen LogP contribution is 2.28. The van der Waals surface area contributed by atoms with E-state index in [1.807, 2.05) is 24.3 Å². The topological polar surface area (TPSA) is 90.4 Å². The third-order valence-electron chi connectivity index (χ3n) is 3.35. The molecule has 0 aliphatic carbocycles. The van der Waals surface area contributed by atoms with Crippen molar-refractivity contribution >= 4 is 22.5 Å². The van der Waals surface area contributed by atoms with Crippen LogP contribution in [0.5, 0.6) is 5.75 Å². The third kappa shape index (κ3) is 2.58. The normalized spacial score (nSPS) is 10.6. The molecule has 2 aromatic heterocycles. The van der Waals surface area contributed by atoms with E-state index in [9.17, 15) is 4.79 Å². The number of nitrogens with zero attached hydrogens (tertiary/aromatic N) is 1. The number of para-hydroxylation sites is 1. The van der Waals surface area contributed by atoms with Crippen molar-refractivity contribution in [1.82, 2.24) is 4.98 Å². The van der Waals surface area contributed by atoms with E-state index in [2.05, 4.69) is 10.3 Å². The first-order valence-electron chi connectivity index (χ1n) is 6.72. The minimum atomic E-state index is -0.505. The minimum Gasteiger partial charge on any atom is -0.494 e. The molecule has 0 atom stereocenters. The second-order valence-electron chi connectivity index (χ2n) is 4.73. The van der Waals surface area contributed by atoms with Crippen molar-refractivity contribution in [1.29, 1.82) is 0 Å². The fourth-order valence-corrected chi connectivity index (χ4v) is 2.25. The third-order valence-corrected chi connectivity index (χ3v) is 3.35. The number of primary amides is 1. The molecule has 6 heteroatoms. The van der Waals surface area contributed by atoms with Gasteiger partial charge in [-0.15, -0.1) is 0 Å². The lowest BCUT2D eigenvalue weighted by Gasteiger charge is -2.10. The lowest BCUT2D eigenvalue weighted by Crippen LogP contribution is -2.09. The Hall–Kier alpha value is -3.02. The van der Waals surface area contributed by atoms with E-state index in [-0.39, 0.29) is 0 Å². The molecule has 0 spiro atoms. The fraction of sp³-hybridized carbons (Fsp3) is 0.125. The maximum Gasteiger partial charge on any atom is 0.251 e. The Morgan fingerprint density at radius 2 is 2.27 bits per heavy atom. The summed E-state index contributed by atoms with van der Waals surface area (Å²) in [6.07, 6.45) is 3.07. The maximum absolute atomic E-state index is 11.1. The molecular formula is C16H15N3O3. The van der Waals surface area contributed by atoms with Gasteiger partial charge in [-0.25, -0.2) is 0 Å². The highest BCUT2D eigenvalue weighted by molar-refractivity contribution is 5.94. The maximum atomic E-state index is 11.1. The number of hydrogen-bond acceptors (Lipinski definition) is 5. The Labute approximate surface area is 126 Å². The number of nitrogens with one attached hydrogen (secondary N) is 1. The van der Waals surface area contributed by atoms with Crippen molar-refractivity contribution in [3.8, 4) is 5.75 Å². The number of fused-ring (bicyclic) bond motifs is 1. The van der Waals surface area contributed by atoms with Crippen LogP contribution in [0.2, 0.25) is 0 Å². The zero-order valence-corrected chi connectivity index (χ0v) is 12.0. The molecule has 6 nitrogen and oxygen atoms in total. The average Bonchev–Trinajstić information content (AvgIpc) is 3.01. The second kappa shape index (κ2) is 5.77. The predicted octanol–water partition coefficient (Wildman–Crippen LogP) is 2.55. The average molecular weight is 297 g/mol. The Morgan fingerprint density at radius 3 is 3.00 bits per heavy atom. The first-order chi connectivity index (χ1) is 10.7. The largest absolute Gasteiger partial charge is 0.494 e. The van der Waals surface area contributed by atoms with Gasteiger partial charge < -0.3 is 20.2 Å². The fourth-order valence-electron chi connectivity index (χ4n) is 2.25. The van der Waals surface area contributed by atoms with Gasteiger partial charge in [0.05, 0.1) is 19.2 Å². The van der Waals surface area contributed by atoms with Crippen LogP contribution in [0, 0.1) is 0 Å². The number of ether oxygens (including phenoxy) is 1. The molecule has 0 fully saturated rings. The Balaban J connectivity index is 1.86. The van der Waals surface area contributed by atoms with Crippen molar-refractivity contribution in [2.45, 2.75) is 6.54 Å². The predicted molar refractivity (Wildman–Crippen MR) is 82.8 cm³/mol. The van der Waals surface area contributed by atoms with Gasteiger partial charge in [-0.3, -0.25) is 9.78 Å². The monoisotopic (exact) mass is 297 g/mol. The van der Waals surface area contributed by atoms with Crippen molar-refractivity contribution in [2.75, 3.05) is 12.4 Å². The number of anilines is 1. The summed E-state index contributed by atoms with van der Waals surface area (Å²) in [5, 5.41) is 4.21. The van der Waals surface area contributed by atoms with Crippen LogP contribution in [0.1, 0.15) is 16.1 Å². The molecule has 0 saturated heterocycles. The lowest BCUT2D eigenvalue weighted by atomic mass is 10.1. The number of aromatic nitrogens is 1. The van der Waals surface area contributed by atoms with Crippen LogP contribution >= 0.6 is 0 Å². The van der Waals surface area contributed by atoms with Gasteiger partial charge in [0.2, 0.25) is 0 Å². The van der Waals surface area contributed by atoms with Gasteiger partial charge >= 0.3 is 0 Å². The quantitative estimate of drug-likeness (QED) is 0.755. The van der Waals surface area contributed by atoms with Gasteiger partial charge in [0.15, 0.2) is 0 Å². The van der Waals surface area contributed by atoms with Crippen molar-refractivity contribution in [3.63, 3.8) is 0 Å². The Bertz CT molecular complexity index is 826. The zero-order valence-electron chi connectivity index (χ0n) is 12.0. The van der Waals surface area contributed by atoms with Crippen LogP contribution in [0.25, 0.3) is 10.9 Å². The molecule has 2 heterocycles. The second-order valence-corrected chi connectivity index (χ2v) is 4.73. The molecular weight excluding hydrogens is 282 g/mol. The number of hydrogen-bond donors (Lipinski definition) is 2. The Kier molecular flexibility index (Phi) is 3.65. The number of carbonyl (C=O) groups is 1. The van der Waals surface area contributed by atoms with Gasteiger partial charge in [0, 0.05) is 17.3 Å². The van der Waals surface area contributed by atoms with Gasteiger partial charge in [-0.1, -0.05) is 12.1 Å². The van der Waals surface area contributed by atoms with Crippen LogP contribution in [0.4, 0.5) is 5.69 Å². The molecule has 0 unspecified atom stereocenters. The SMILES string of the molecule is COc1cccc2c(NCc3cc(C(N)=O)co3)ccnc12. The van der Waals surface area contributed by atoms with E-state index in [0.717, 1.165) is 22.3 Å².